The van der Waals surface area contributed by atoms with Crippen LogP contribution in [0.1, 0.15) is 6.42 Å². The van der Waals surface area contributed by atoms with Gasteiger partial charge in [-0.3, -0.25) is 0 Å². The van der Waals surface area contributed by atoms with Crippen LogP contribution in [0.2, 0.25) is 0 Å². The van der Waals surface area contributed by atoms with Crippen LogP contribution in [0.4, 0.5) is 0 Å². The highest BCUT2D eigenvalue weighted by Gasteiger charge is 2.16. The lowest BCUT2D eigenvalue weighted by Gasteiger charge is -2.09. The van der Waals surface area contributed by atoms with Crippen LogP contribution in [-0.2, 0) is 0 Å². The van der Waals surface area contributed by atoms with Crippen molar-refractivity contribution < 1.29 is 9.47 Å². The van der Waals surface area contributed by atoms with Gasteiger partial charge in [-0.05, 0) is 13.0 Å². The average Bonchev–Trinajstić information content (AvgIpc) is 2.72. The first-order chi connectivity index (χ1) is 6.88. The van der Waals surface area contributed by atoms with Gasteiger partial charge in [-0.15, -0.1) is 0 Å². The Morgan fingerprint density at radius 3 is 2.79 bits per heavy atom. The molecule has 5 heteroatoms. The monoisotopic (exact) mass is 195 g/mol. The Kier molecular flexibility index (Phi) is 2.78. The van der Waals surface area contributed by atoms with Crippen LogP contribution in [0.3, 0.4) is 0 Å². The molecule has 1 fully saturated rings. The van der Waals surface area contributed by atoms with Crippen molar-refractivity contribution in [2.24, 2.45) is 0 Å². The highest BCUT2D eigenvalue weighted by Crippen LogP contribution is 2.12. The highest BCUT2D eigenvalue weighted by molar-refractivity contribution is 5.13. The molecule has 14 heavy (non-hydrogen) atoms. The molecule has 76 valence electrons. The first-order valence-electron chi connectivity index (χ1n) is 4.62. The Hall–Kier alpha value is -1.36. The topological polar surface area (TPSA) is 56.3 Å². The van der Waals surface area contributed by atoms with Crippen molar-refractivity contribution in [3.8, 4) is 11.8 Å². The van der Waals surface area contributed by atoms with E-state index >= 15 is 0 Å². The quantitative estimate of drug-likeness (QED) is 0.748. The van der Waals surface area contributed by atoms with Crippen LogP contribution >= 0.6 is 0 Å². The highest BCUT2D eigenvalue weighted by atomic mass is 16.5. The van der Waals surface area contributed by atoms with Crippen molar-refractivity contribution in [1.82, 2.24) is 15.3 Å². The third-order valence-corrected chi connectivity index (χ3v) is 2.13. The lowest BCUT2D eigenvalue weighted by atomic mass is 10.3. The van der Waals surface area contributed by atoms with E-state index in [9.17, 15) is 0 Å². The van der Waals surface area contributed by atoms with E-state index in [1.807, 2.05) is 0 Å². The number of hydrogen-bond donors (Lipinski definition) is 1. The van der Waals surface area contributed by atoms with Gasteiger partial charge >= 0.3 is 6.01 Å². The molecular formula is C9H13N3O2. The molecule has 1 aliphatic heterocycles. The van der Waals surface area contributed by atoms with Gasteiger partial charge in [-0.1, -0.05) is 0 Å². The molecule has 0 aromatic carbocycles. The van der Waals surface area contributed by atoms with Crippen LogP contribution in [0.5, 0.6) is 11.8 Å². The van der Waals surface area contributed by atoms with Crippen LogP contribution < -0.4 is 14.8 Å². The maximum atomic E-state index is 5.53. The van der Waals surface area contributed by atoms with E-state index in [-0.39, 0.29) is 6.10 Å². The molecule has 1 aliphatic rings. The molecular weight excluding hydrogens is 182 g/mol. The van der Waals surface area contributed by atoms with Gasteiger partial charge in [0.2, 0.25) is 0 Å². The summed E-state index contributed by atoms with van der Waals surface area (Å²) in [6.45, 7) is 1.87. The van der Waals surface area contributed by atoms with Crippen LogP contribution in [0, 0.1) is 0 Å². The van der Waals surface area contributed by atoms with E-state index in [0.29, 0.717) is 11.8 Å². The summed E-state index contributed by atoms with van der Waals surface area (Å²) in [5.41, 5.74) is 0. The Morgan fingerprint density at radius 2 is 2.21 bits per heavy atom. The van der Waals surface area contributed by atoms with Crippen molar-refractivity contribution in [3.05, 3.63) is 12.4 Å². The minimum atomic E-state index is 0.198. The van der Waals surface area contributed by atoms with Gasteiger partial charge in [0.1, 0.15) is 6.10 Å². The van der Waals surface area contributed by atoms with Crippen molar-refractivity contribution in [2.45, 2.75) is 12.5 Å². The van der Waals surface area contributed by atoms with E-state index in [4.69, 9.17) is 9.47 Å². The maximum absolute atomic E-state index is 5.53. The van der Waals surface area contributed by atoms with Crippen molar-refractivity contribution >= 4 is 0 Å². The van der Waals surface area contributed by atoms with E-state index in [1.54, 1.807) is 19.5 Å². The molecule has 1 N–H and O–H groups in total. The van der Waals surface area contributed by atoms with Gasteiger partial charge in [-0.2, -0.15) is 9.97 Å². The second kappa shape index (κ2) is 4.23. The molecule has 0 bridgehead atoms. The number of rotatable bonds is 3. The largest absolute Gasteiger partial charge is 0.494 e. The maximum Gasteiger partial charge on any atom is 0.316 e. The Morgan fingerprint density at radius 1 is 1.43 bits per heavy atom. The van der Waals surface area contributed by atoms with Gasteiger partial charge in [0.05, 0.1) is 19.5 Å². The fraction of sp³-hybridized carbons (Fsp3) is 0.556. The van der Waals surface area contributed by atoms with Crippen LogP contribution in [0.25, 0.3) is 0 Å². The number of nitrogens with zero attached hydrogens (tertiary/aromatic N) is 2. The number of ether oxygens (including phenoxy) is 2. The van der Waals surface area contributed by atoms with Gasteiger partial charge < -0.3 is 14.8 Å². The van der Waals surface area contributed by atoms with E-state index in [0.717, 1.165) is 19.5 Å². The third-order valence-electron chi connectivity index (χ3n) is 2.13. The molecule has 0 saturated carbocycles. The lowest BCUT2D eigenvalue weighted by molar-refractivity contribution is 0.203. The SMILES string of the molecule is COc1cnc(O[C@@H]2CCNC2)nc1. The molecule has 1 saturated heterocycles. The molecule has 5 nitrogen and oxygen atoms in total. The summed E-state index contributed by atoms with van der Waals surface area (Å²) in [7, 11) is 1.58. The van der Waals surface area contributed by atoms with Crippen molar-refractivity contribution in [2.75, 3.05) is 20.2 Å². The zero-order valence-corrected chi connectivity index (χ0v) is 8.06. The summed E-state index contributed by atoms with van der Waals surface area (Å²) in [5.74, 6) is 0.641. The first-order valence-corrected chi connectivity index (χ1v) is 4.62. The summed E-state index contributed by atoms with van der Waals surface area (Å²) in [6, 6.07) is 0.416. The van der Waals surface area contributed by atoms with Gasteiger partial charge in [-0.25, -0.2) is 0 Å². The zero-order chi connectivity index (χ0) is 9.80. The predicted molar refractivity (Wildman–Crippen MR) is 50.5 cm³/mol. The second-order valence-electron chi connectivity index (χ2n) is 3.14. The fourth-order valence-corrected chi connectivity index (χ4v) is 1.35. The smallest absolute Gasteiger partial charge is 0.316 e. The Bertz CT molecular complexity index is 283. The average molecular weight is 195 g/mol. The lowest BCUT2D eigenvalue weighted by Crippen LogP contribution is -2.20. The van der Waals surface area contributed by atoms with Gasteiger partial charge in [0.25, 0.3) is 0 Å². The summed E-state index contributed by atoms with van der Waals surface area (Å²) in [6.07, 6.45) is 4.41. The van der Waals surface area contributed by atoms with E-state index in [2.05, 4.69) is 15.3 Å². The minimum Gasteiger partial charge on any atom is -0.494 e. The molecule has 2 rings (SSSR count). The Labute approximate surface area is 82.5 Å². The molecule has 1 atom stereocenters. The van der Waals surface area contributed by atoms with Crippen LogP contribution in [-0.4, -0.2) is 36.3 Å². The summed E-state index contributed by atoms with van der Waals surface area (Å²) in [5, 5.41) is 3.21. The van der Waals surface area contributed by atoms with Crippen molar-refractivity contribution in [1.29, 1.82) is 0 Å². The predicted octanol–water partition coefficient (Wildman–Crippen LogP) is 0.226. The van der Waals surface area contributed by atoms with Crippen molar-refractivity contribution in [3.63, 3.8) is 0 Å². The summed E-state index contributed by atoms with van der Waals surface area (Å²) in [4.78, 5) is 8.05. The first kappa shape index (κ1) is 9.21. The third kappa shape index (κ3) is 2.11. The molecule has 0 radical (unpaired) electrons. The number of nitrogens with one attached hydrogen (secondary N) is 1. The van der Waals surface area contributed by atoms with Gasteiger partial charge in [0.15, 0.2) is 5.75 Å². The summed E-state index contributed by atoms with van der Waals surface area (Å²) < 4.78 is 10.5. The molecule has 0 amide bonds. The molecule has 0 spiro atoms. The molecule has 1 aromatic heterocycles. The number of aromatic nitrogens is 2. The number of methoxy groups -OCH3 is 1. The molecule has 0 unspecified atom stereocenters. The molecule has 0 aliphatic carbocycles. The number of hydrogen-bond acceptors (Lipinski definition) is 5. The minimum absolute atomic E-state index is 0.198. The van der Waals surface area contributed by atoms with Gasteiger partial charge in [0, 0.05) is 6.54 Å². The zero-order valence-electron chi connectivity index (χ0n) is 8.06. The van der Waals surface area contributed by atoms with E-state index in [1.165, 1.54) is 0 Å². The van der Waals surface area contributed by atoms with Crippen LogP contribution in [0.15, 0.2) is 12.4 Å². The fourth-order valence-electron chi connectivity index (χ4n) is 1.35. The standard InChI is InChI=1S/C9H13N3O2/c1-13-8-5-11-9(12-6-8)14-7-2-3-10-4-7/h5-7,10H,2-4H2,1H3/t7-/m1/s1. The Balaban J connectivity index is 1.95. The molecule has 1 aromatic rings. The second-order valence-corrected chi connectivity index (χ2v) is 3.14. The summed E-state index contributed by atoms with van der Waals surface area (Å²) >= 11 is 0. The molecule has 2 heterocycles. The van der Waals surface area contributed by atoms with E-state index < -0.39 is 0 Å². The normalized spacial score (nSPS) is 20.8.